The third kappa shape index (κ3) is 4.72. The van der Waals surface area contributed by atoms with Crippen molar-refractivity contribution in [3.05, 3.63) is 25.3 Å². The molecular weight excluding hydrogens is 216 g/mol. The molecule has 0 saturated heterocycles. The van der Waals surface area contributed by atoms with Crippen LogP contribution in [0.15, 0.2) is 25.3 Å². The molecule has 0 saturated carbocycles. The molecule has 0 bridgehead atoms. The summed E-state index contributed by atoms with van der Waals surface area (Å²) in [5.74, 6) is -2.24. The number of hydrogen-bond donors (Lipinski definition) is 2. The van der Waals surface area contributed by atoms with Gasteiger partial charge in [0.05, 0.1) is 0 Å². The molecule has 2 atom stereocenters. The van der Waals surface area contributed by atoms with Gasteiger partial charge in [-0.15, -0.1) is 0 Å². The van der Waals surface area contributed by atoms with Crippen LogP contribution in [-0.4, -0.2) is 47.6 Å². The van der Waals surface area contributed by atoms with Crippen molar-refractivity contribution in [3.8, 4) is 0 Å². The fraction of sp³-hybridized carbons (Fsp3) is 0.400. The third-order valence-corrected chi connectivity index (χ3v) is 1.47. The zero-order chi connectivity index (χ0) is 12.6. The SMILES string of the molecule is C=CCOC(=O)[C@H](O)[C@@H](O)C(=O)OCC=C. The molecule has 6 nitrogen and oxygen atoms in total. The average Bonchev–Trinajstić information content (AvgIpc) is 2.30. The highest BCUT2D eigenvalue weighted by Gasteiger charge is 2.32. The first kappa shape index (κ1) is 14.3. The van der Waals surface area contributed by atoms with Crippen LogP contribution >= 0.6 is 0 Å². The second kappa shape index (κ2) is 7.61. The van der Waals surface area contributed by atoms with Gasteiger partial charge in [-0.05, 0) is 0 Å². The summed E-state index contributed by atoms with van der Waals surface area (Å²) in [6.45, 7) is 6.34. The highest BCUT2D eigenvalue weighted by molar-refractivity contribution is 5.85. The monoisotopic (exact) mass is 230 g/mol. The maximum Gasteiger partial charge on any atom is 0.338 e. The Hall–Kier alpha value is -1.66. The van der Waals surface area contributed by atoms with Crippen molar-refractivity contribution in [3.63, 3.8) is 0 Å². The molecule has 0 spiro atoms. The lowest BCUT2D eigenvalue weighted by Crippen LogP contribution is -2.41. The van der Waals surface area contributed by atoms with E-state index in [0.29, 0.717) is 0 Å². The summed E-state index contributed by atoms with van der Waals surface area (Å²) in [5, 5.41) is 18.4. The molecule has 0 aromatic heterocycles. The summed E-state index contributed by atoms with van der Waals surface area (Å²) in [6.07, 6.45) is -1.38. The molecule has 0 radical (unpaired) electrons. The van der Waals surface area contributed by atoms with Gasteiger partial charge in [-0.2, -0.15) is 0 Å². The molecule has 0 aliphatic heterocycles. The Balaban J connectivity index is 4.19. The van der Waals surface area contributed by atoms with Crippen LogP contribution in [-0.2, 0) is 19.1 Å². The predicted octanol–water partition coefficient (Wildman–Crippen LogP) is -0.833. The molecule has 0 aromatic rings. The number of esters is 2. The molecule has 0 aliphatic carbocycles. The van der Waals surface area contributed by atoms with E-state index in [4.69, 9.17) is 0 Å². The highest BCUT2D eigenvalue weighted by atomic mass is 16.6. The smallest absolute Gasteiger partial charge is 0.338 e. The van der Waals surface area contributed by atoms with Gasteiger partial charge in [0.2, 0.25) is 0 Å². The molecule has 0 rings (SSSR count). The van der Waals surface area contributed by atoms with E-state index in [1.807, 2.05) is 0 Å². The Kier molecular flexibility index (Phi) is 6.82. The Morgan fingerprint density at radius 2 is 1.31 bits per heavy atom. The number of aliphatic hydroxyl groups excluding tert-OH is 2. The fourth-order valence-corrected chi connectivity index (χ4v) is 0.711. The van der Waals surface area contributed by atoms with E-state index in [1.54, 1.807) is 0 Å². The minimum absolute atomic E-state index is 0.121. The molecule has 0 aromatic carbocycles. The van der Waals surface area contributed by atoms with Crippen LogP contribution in [0.4, 0.5) is 0 Å². The van der Waals surface area contributed by atoms with Crippen molar-refractivity contribution in [2.75, 3.05) is 13.2 Å². The Morgan fingerprint density at radius 1 is 1.00 bits per heavy atom. The third-order valence-electron chi connectivity index (χ3n) is 1.47. The zero-order valence-electron chi connectivity index (χ0n) is 8.67. The van der Waals surface area contributed by atoms with Crippen molar-refractivity contribution in [1.29, 1.82) is 0 Å². The van der Waals surface area contributed by atoms with Gasteiger partial charge in [-0.1, -0.05) is 25.3 Å². The van der Waals surface area contributed by atoms with Crippen LogP contribution in [0.2, 0.25) is 0 Å². The molecule has 0 amide bonds. The van der Waals surface area contributed by atoms with Crippen LogP contribution in [0.25, 0.3) is 0 Å². The summed E-state index contributed by atoms with van der Waals surface area (Å²) >= 11 is 0. The van der Waals surface area contributed by atoms with Crippen molar-refractivity contribution in [1.82, 2.24) is 0 Å². The Labute approximate surface area is 92.8 Å². The van der Waals surface area contributed by atoms with Crippen molar-refractivity contribution in [2.24, 2.45) is 0 Å². The molecular formula is C10H14O6. The van der Waals surface area contributed by atoms with E-state index < -0.39 is 24.1 Å². The van der Waals surface area contributed by atoms with Gasteiger partial charge in [-0.3, -0.25) is 0 Å². The summed E-state index contributed by atoms with van der Waals surface area (Å²) in [7, 11) is 0. The lowest BCUT2D eigenvalue weighted by molar-refractivity contribution is -0.171. The molecule has 16 heavy (non-hydrogen) atoms. The second-order valence-electron chi connectivity index (χ2n) is 2.73. The average molecular weight is 230 g/mol. The highest BCUT2D eigenvalue weighted by Crippen LogP contribution is 2.00. The summed E-state index contributed by atoms with van der Waals surface area (Å²) in [5.41, 5.74) is 0. The van der Waals surface area contributed by atoms with Crippen molar-refractivity contribution >= 4 is 11.9 Å². The van der Waals surface area contributed by atoms with Crippen LogP contribution in [0.5, 0.6) is 0 Å². The van der Waals surface area contributed by atoms with E-state index >= 15 is 0 Å². The molecule has 2 N–H and O–H groups in total. The lowest BCUT2D eigenvalue weighted by Gasteiger charge is -2.14. The van der Waals surface area contributed by atoms with E-state index in [2.05, 4.69) is 22.6 Å². The van der Waals surface area contributed by atoms with Crippen molar-refractivity contribution in [2.45, 2.75) is 12.2 Å². The first-order valence-electron chi connectivity index (χ1n) is 4.45. The molecule has 0 fully saturated rings. The van der Waals surface area contributed by atoms with Gasteiger partial charge in [0.1, 0.15) is 13.2 Å². The van der Waals surface area contributed by atoms with Gasteiger partial charge in [0.25, 0.3) is 0 Å². The molecule has 0 aliphatic rings. The minimum atomic E-state index is -1.97. The number of ether oxygens (including phenoxy) is 2. The molecule has 90 valence electrons. The number of aliphatic hydroxyl groups is 2. The van der Waals surface area contributed by atoms with E-state index in [1.165, 1.54) is 12.2 Å². The quantitative estimate of drug-likeness (QED) is 0.438. The van der Waals surface area contributed by atoms with E-state index in [9.17, 15) is 19.8 Å². The largest absolute Gasteiger partial charge is 0.459 e. The van der Waals surface area contributed by atoms with Gasteiger partial charge >= 0.3 is 11.9 Å². The second-order valence-corrected chi connectivity index (χ2v) is 2.73. The van der Waals surface area contributed by atoms with Crippen LogP contribution in [0.1, 0.15) is 0 Å². The van der Waals surface area contributed by atoms with Gasteiger partial charge in [0, 0.05) is 0 Å². The zero-order valence-corrected chi connectivity index (χ0v) is 8.67. The minimum Gasteiger partial charge on any atom is -0.459 e. The van der Waals surface area contributed by atoms with E-state index in [-0.39, 0.29) is 13.2 Å². The number of carbonyl (C=O) groups excluding carboxylic acids is 2. The maximum atomic E-state index is 11.0. The first-order valence-corrected chi connectivity index (χ1v) is 4.45. The number of hydrogen-bond acceptors (Lipinski definition) is 6. The lowest BCUT2D eigenvalue weighted by atomic mass is 10.2. The van der Waals surface area contributed by atoms with Crippen LogP contribution in [0.3, 0.4) is 0 Å². The van der Waals surface area contributed by atoms with Crippen LogP contribution < -0.4 is 0 Å². The van der Waals surface area contributed by atoms with Crippen LogP contribution in [0, 0.1) is 0 Å². The van der Waals surface area contributed by atoms with Crippen molar-refractivity contribution < 1.29 is 29.3 Å². The van der Waals surface area contributed by atoms with Gasteiger partial charge in [0.15, 0.2) is 12.2 Å². The van der Waals surface area contributed by atoms with Gasteiger partial charge in [-0.25, -0.2) is 9.59 Å². The normalized spacial score (nSPS) is 13.4. The standard InChI is InChI=1S/C10H14O6/c1-3-5-15-9(13)7(11)8(12)10(14)16-6-4-2/h3-4,7-8,11-12H,1-2,5-6H2/t7-,8-/m1/s1. The number of rotatable bonds is 7. The van der Waals surface area contributed by atoms with E-state index in [0.717, 1.165) is 0 Å². The topological polar surface area (TPSA) is 93.1 Å². The molecule has 0 unspecified atom stereocenters. The van der Waals surface area contributed by atoms with Gasteiger partial charge < -0.3 is 19.7 Å². The fourth-order valence-electron chi connectivity index (χ4n) is 0.711. The molecule has 0 heterocycles. The maximum absolute atomic E-state index is 11.0. The summed E-state index contributed by atoms with van der Waals surface area (Å²) < 4.78 is 8.87. The summed E-state index contributed by atoms with van der Waals surface area (Å²) in [4.78, 5) is 22.0. The number of carbonyl (C=O) groups is 2. The Morgan fingerprint density at radius 3 is 1.56 bits per heavy atom. The predicted molar refractivity (Wildman–Crippen MR) is 54.3 cm³/mol. The Bertz CT molecular complexity index is 244. The summed E-state index contributed by atoms with van der Waals surface area (Å²) in [6, 6.07) is 0. The molecule has 6 heteroatoms. The first-order chi connectivity index (χ1) is 7.54.